The van der Waals surface area contributed by atoms with Crippen LogP contribution in [0.25, 0.3) is 76.9 Å². The first-order valence-electron chi connectivity index (χ1n) is 12.4. The van der Waals surface area contributed by atoms with Crippen molar-refractivity contribution in [3.63, 3.8) is 0 Å². The van der Waals surface area contributed by atoms with E-state index in [0.717, 1.165) is 44.1 Å². The number of para-hydroxylation sites is 1. The predicted molar refractivity (Wildman–Crippen MR) is 153 cm³/mol. The summed E-state index contributed by atoms with van der Waals surface area (Å²) >= 11 is 0. The Bertz CT molecular complexity index is 2110. The number of benzene rings is 6. The maximum atomic E-state index is 6.77. The Hall–Kier alpha value is -5.02. The third-order valence-electron chi connectivity index (χ3n) is 7.34. The lowest BCUT2D eigenvalue weighted by Crippen LogP contribution is -1.91. The number of fused-ring (bicyclic) bond motifs is 10. The van der Waals surface area contributed by atoms with E-state index in [1.165, 1.54) is 26.9 Å². The van der Waals surface area contributed by atoms with Gasteiger partial charge in [-0.3, -0.25) is 0 Å². The number of nitrogens with zero attached hydrogens (tertiary/aromatic N) is 2. The molecule has 0 amide bonds. The molecule has 0 N–H and O–H groups in total. The quantitative estimate of drug-likeness (QED) is 0.235. The zero-order valence-electron chi connectivity index (χ0n) is 19.8. The van der Waals surface area contributed by atoms with Gasteiger partial charge in [-0.05, 0) is 45.1 Å². The second-order valence-electron chi connectivity index (χ2n) is 9.37. The van der Waals surface area contributed by atoms with E-state index in [2.05, 4.69) is 89.9 Å². The normalized spacial score (nSPS) is 11.8. The van der Waals surface area contributed by atoms with E-state index >= 15 is 0 Å². The summed E-state index contributed by atoms with van der Waals surface area (Å²) in [6.07, 6.45) is 1.82. The van der Waals surface area contributed by atoms with Crippen molar-refractivity contribution < 1.29 is 4.42 Å². The Morgan fingerprint density at radius 2 is 1.05 bits per heavy atom. The Morgan fingerprint density at radius 3 is 1.84 bits per heavy atom. The molecule has 0 aliphatic heterocycles. The molecule has 0 fully saturated rings. The average Bonchev–Trinajstić information content (AvgIpc) is 3.37. The van der Waals surface area contributed by atoms with Crippen LogP contribution in [0.1, 0.15) is 0 Å². The zero-order chi connectivity index (χ0) is 24.3. The molecule has 0 radical (unpaired) electrons. The number of hydrogen-bond donors (Lipinski definition) is 0. The molecule has 37 heavy (non-hydrogen) atoms. The Labute approximate surface area is 212 Å². The highest BCUT2D eigenvalue weighted by atomic mass is 16.3. The minimum Gasteiger partial charge on any atom is -0.455 e. The molecule has 172 valence electrons. The summed E-state index contributed by atoms with van der Waals surface area (Å²) in [7, 11) is 0. The van der Waals surface area contributed by atoms with E-state index in [9.17, 15) is 0 Å². The summed E-state index contributed by atoms with van der Waals surface area (Å²) < 4.78 is 6.77. The van der Waals surface area contributed by atoms with E-state index < -0.39 is 0 Å². The van der Waals surface area contributed by atoms with Gasteiger partial charge in [0, 0.05) is 27.9 Å². The lowest BCUT2D eigenvalue weighted by Gasteiger charge is -2.10. The monoisotopic (exact) mass is 472 g/mol. The van der Waals surface area contributed by atoms with E-state index in [-0.39, 0.29) is 0 Å². The summed E-state index contributed by atoms with van der Waals surface area (Å²) in [5.41, 5.74) is 4.56. The number of aromatic nitrogens is 2. The first kappa shape index (κ1) is 20.2. The van der Waals surface area contributed by atoms with E-state index in [4.69, 9.17) is 9.40 Å². The lowest BCUT2D eigenvalue weighted by molar-refractivity contribution is 0.673. The standard InChI is InChI=1S/C34H20N2O/c1-2-9-21(10-3-1)30-19-20-35-34(36-30)29-16-8-15-27-28-18-17-26-24-13-5-4-11-22(24)23-12-6-7-14-25(23)31(26)33(28)37-32(27)29/h1-20H. The highest BCUT2D eigenvalue weighted by Gasteiger charge is 2.18. The molecule has 0 saturated carbocycles. The minimum atomic E-state index is 0.658. The van der Waals surface area contributed by atoms with Gasteiger partial charge < -0.3 is 4.42 Å². The van der Waals surface area contributed by atoms with E-state index in [1.54, 1.807) is 0 Å². The van der Waals surface area contributed by atoms with Crippen LogP contribution in [-0.2, 0) is 0 Å². The largest absolute Gasteiger partial charge is 0.455 e. The van der Waals surface area contributed by atoms with Crippen molar-refractivity contribution in [1.82, 2.24) is 9.97 Å². The molecule has 8 aromatic rings. The summed E-state index contributed by atoms with van der Waals surface area (Å²) in [5, 5.41) is 9.44. The van der Waals surface area contributed by atoms with Gasteiger partial charge in [0.2, 0.25) is 0 Å². The molecule has 0 bridgehead atoms. The molecule has 0 spiro atoms. The molecule has 3 nitrogen and oxygen atoms in total. The molecule has 2 heterocycles. The van der Waals surface area contributed by atoms with Crippen LogP contribution in [0.3, 0.4) is 0 Å². The molecule has 0 atom stereocenters. The van der Waals surface area contributed by atoms with Gasteiger partial charge in [-0.1, -0.05) is 97.1 Å². The number of furan rings is 1. The van der Waals surface area contributed by atoms with Crippen LogP contribution < -0.4 is 0 Å². The van der Waals surface area contributed by atoms with Gasteiger partial charge in [-0.2, -0.15) is 0 Å². The maximum Gasteiger partial charge on any atom is 0.163 e. The SMILES string of the molecule is c1ccc(-c2ccnc(-c3cccc4c3oc3c4ccc4c5ccccc5c5ccccc5c43)n2)cc1. The Balaban J connectivity index is 1.47. The molecule has 0 saturated heterocycles. The van der Waals surface area contributed by atoms with Crippen molar-refractivity contribution in [1.29, 1.82) is 0 Å². The fourth-order valence-corrected chi connectivity index (χ4v) is 5.68. The summed E-state index contributed by atoms with van der Waals surface area (Å²) in [6, 6.07) is 40.0. The molecule has 6 aromatic carbocycles. The summed E-state index contributed by atoms with van der Waals surface area (Å²) in [6.45, 7) is 0. The van der Waals surface area contributed by atoms with Crippen molar-refractivity contribution in [2.45, 2.75) is 0 Å². The zero-order valence-corrected chi connectivity index (χ0v) is 19.8. The van der Waals surface area contributed by atoms with Crippen molar-refractivity contribution >= 4 is 54.3 Å². The van der Waals surface area contributed by atoms with Gasteiger partial charge in [0.15, 0.2) is 5.82 Å². The predicted octanol–water partition coefficient (Wildman–Crippen LogP) is 9.17. The molecule has 0 unspecified atom stereocenters. The van der Waals surface area contributed by atoms with Crippen molar-refractivity contribution in [2.75, 3.05) is 0 Å². The summed E-state index contributed by atoms with van der Waals surface area (Å²) in [4.78, 5) is 9.55. The van der Waals surface area contributed by atoms with Crippen molar-refractivity contribution in [3.8, 4) is 22.6 Å². The Morgan fingerprint density at radius 1 is 0.459 bits per heavy atom. The van der Waals surface area contributed by atoms with Crippen LogP contribution in [0, 0.1) is 0 Å². The lowest BCUT2D eigenvalue weighted by atomic mass is 9.93. The van der Waals surface area contributed by atoms with Crippen LogP contribution in [0.5, 0.6) is 0 Å². The molecular formula is C34H20N2O. The molecule has 2 aromatic heterocycles. The summed E-state index contributed by atoms with van der Waals surface area (Å²) in [5.74, 6) is 0.658. The average molecular weight is 473 g/mol. The topological polar surface area (TPSA) is 38.9 Å². The Kier molecular flexibility index (Phi) is 4.23. The smallest absolute Gasteiger partial charge is 0.163 e. The van der Waals surface area contributed by atoms with Crippen LogP contribution in [0.2, 0.25) is 0 Å². The number of rotatable bonds is 2. The van der Waals surface area contributed by atoms with Crippen LogP contribution >= 0.6 is 0 Å². The van der Waals surface area contributed by atoms with Crippen LogP contribution in [-0.4, -0.2) is 9.97 Å². The maximum absolute atomic E-state index is 6.77. The third-order valence-corrected chi connectivity index (χ3v) is 7.34. The second kappa shape index (κ2) is 7.74. The first-order valence-corrected chi connectivity index (χ1v) is 12.4. The van der Waals surface area contributed by atoms with Gasteiger partial charge in [0.25, 0.3) is 0 Å². The van der Waals surface area contributed by atoms with Crippen molar-refractivity contribution in [2.24, 2.45) is 0 Å². The van der Waals surface area contributed by atoms with E-state index in [1.807, 2.05) is 36.5 Å². The first-order chi connectivity index (χ1) is 18.4. The van der Waals surface area contributed by atoms with Gasteiger partial charge in [0.05, 0.1) is 11.3 Å². The fraction of sp³-hybridized carbons (Fsp3) is 0. The molecule has 8 rings (SSSR count). The minimum absolute atomic E-state index is 0.658. The number of hydrogen-bond acceptors (Lipinski definition) is 3. The van der Waals surface area contributed by atoms with Gasteiger partial charge >= 0.3 is 0 Å². The van der Waals surface area contributed by atoms with Crippen LogP contribution in [0.4, 0.5) is 0 Å². The molecule has 3 heteroatoms. The van der Waals surface area contributed by atoms with Crippen LogP contribution in [0.15, 0.2) is 126 Å². The molecule has 0 aliphatic rings. The van der Waals surface area contributed by atoms with E-state index in [0.29, 0.717) is 5.82 Å². The van der Waals surface area contributed by atoms with Crippen molar-refractivity contribution in [3.05, 3.63) is 121 Å². The second-order valence-corrected chi connectivity index (χ2v) is 9.37. The molecule has 0 aliphatic carbocycles. The van der Waals surface area contributed by atoms with Gasteiger partial charge in [-0.25, -0.2) is 9.97 Å². The fourth-order valence-electron chi connectivity index (χ4n) is 5.68. The highest BCUT2D eigenvalue weighted by molar-refractivity contribution is 6.32. The highest BCUT2D eigenvalue weighted by Crippen LogP contribution is 2.43. The third kappa shape index (κ3) is 2.95. The van der Waals surface area contributed by atoms with Gasteiger partial charge in [0.1, 0.15) is 11.2 Å². The van der Waals surface area contributed by atoms with Gasteiger partial charge in [-0.15, -0.1) is 0 Å². The molecular weight excluding hydrogens is 452 g/mol.